The summed E-state index contributed by atoms with van der Waals surface area (Å²) in [6, 6.07) is 7.15. The number of rotatable bonds is 5. The van der Waals surface area contributed by atoms with Crippen LogP contribution in [0.25, 0.3) is 0 Å². The molecule has 44 heavy (non-hydrogen) atoms. The van der Waals surface area contributed by atoms with E-state index >= 15 is 0 Å². The molecule has 0 radical (unpaired) electrons. The minimum atomic E-state index is -5.11. The van der Waals surface area contributed by atoms with Gasteiger partial charge in [-0.05, 0) is 55.3 Å². The van der Waals surface area contributed by atoms with Gasteiger partial charge in [-0.3, -0.25) is 14.5 Å². The minimum absolute atomic E-state index is 0.0128. The first-order valence-corrected chi connectivity index (χ1v) is 13.3. The molecule has 5 rings (SSSR count). The molecule has 0 atom stereocenters. The summed E-state index contributed by atoms with van der Waals surface area (Å²) in [7, 11) is 2.64. The number of methoxy groups -OCH3 is 2. The molecule has 0 unspecified atom stereocenters. The Labute approximate surface area is 251 Å². The number of alkyl halides is 6. The van der Waals surface area contributed by atoms with Crippen molar-refractivity contribution in [3.8, 4) is 12.0 Å². The van der Waals surface area contributed by atoms with E-state index in [1.165, 1.54) is 19.1 Å². The van der Waals surface area contributed by atoms with Crippen molar-refractivity contribution in [1.82, 2.24) is 19.9 Å². The van der Waals surface area contributed by atoms with Gasteiger partial charge in [-0.25, -0.2) is 0 Å². The number of likely N-dealkylation sites (tertiary alicyclic amines) is 1. The first kappa shape index (κ1) is 31.1. The monoisotopic (exact) mass is 644 g/mol. The van der Waals surface area contributed by atoms with Crippen molar-refractivity contribution in [1.29, 1.82) is 0 Å². The van der Waals surface area contributed by atoms with Crippen molar-refractivity contribution in [3.63, 3.8) is 0 Å². The number of piperidine rings is 1. The fourth-order valence-electron chi connectivity index (χ4n) is 5.27. The highest BCUT2D eigenvalue weighted by atomic mass is 35.5. The molecular formula is C27H23ClF6N6O4. The number of halogens is 7. The summed E-state index contributed by atoms with van der Waals surface area (Å²) >= 11 is 6.07. The van der Waals surface area contributed by atoms with Gasteiger partial charge in [0.15, 0.2) is 0 Å². The third-order valence-electron chi connectivity index (χ3n) is 7.48. The van der Waals surface area contributed by atoms with Crippen molar-refractivity contribution in [2.45, 2.75) is 30.7 Å². The normalized spacial score (nSPS) is 16.9. The van der Waals surface area contributed by atoms with E-state index in [-0.39, 0.29) is 56.6 Å². The third kappa shape index (κ3) is 5.77. The van der Waals surface area contributed by atoms with Gasteiger partial charge in [-0.2, -0.15) is 36.3 Å². The predicted molar refractivity (Wildman–Crippen MR) is 144 cm³/mol. The van der Waals surface area contributed by atoms with E-state index in [9.17, 15) is 35.9 Å². The molecule has 1 spiro atoms. The predicted octanol–water partition coefficient (Wildman–Crippen LogP) is 5.07. The number of amides is 2. The van der Waals surface area contributed by atoms with Crippen LogP contribution in [0.5, 0.6) is 12.0 Å². The summed E-state index contributed by atoms with van der Waals surface area (Å²) in [6.07, 6.45) is -10.2. The van der Waals surface area contributed by atoms with Crippen LogP contribution >= 0.6 is 11.6 Å². The molecule has 17 heteroatoms. The molecule has 2 fully saturated rings. The lowest BCUT2D eigenvalue weighted by Crippen LogP contribution is -2.57. The van der Waals surface area contributed by atoms with E-state index in [0.29, 0.717) is 22.8 Å². The number of benzene rings is 2. The SMILES string of the molecule is COc1nc(OC)nc(N2CN(c3ccc(Cl)cc3)C3(CCN(C(=O)c4cc(C(F)(F)F)cc(C(F)(F)F)c4)CC3)C2=O)n1. The Balaban J connectivity index is 1.47. The van der Waals surface area contributed by atoms with Gasteiger partial charge in [0.05, 0.1) is 25.3 Å². The van der Waals surface area contributed by atoms with E-state index in [1.807, 2.05) is 0 Å². The number of anilines is 2. The van der Waals surface area contributed by atoms with Crippen molar-refractivity contribution in [2.75, 3.05) is 43.8 Å². The maximum atomic E-state index is 14.1. The molecule has 234 valence electrons. The van der Waals surface area contributed by atoms with Crippen LogP contribution in [0.4, 0.5) is 38.0 Å². The van der Waals surface area contributed by atoms with Crippen LogP contribution in [0.15, 0.2) is 42.5 Å². The van der Waals surface area contributed by atoms with Gasteiger partial charge in [0.25, 0.3) is 11.8 Å². The van der Waals surface area contributed by atoms with Gasteiger partial charge >= 0.3 is 24.4 Å². The summed E-state index contributed by atoms with van der Waals surface area (Å²) < 4.78 is 90.7. The van der Waals surface area contributed by atoms with Gasteiger partial charge in [0, 0.05) is 29.4 Å². The molecular weight excluding hydrogens is 622 g/mol. The van der Waals surface area contributed by atoms with Crippen molar-refractivity contribution in [3.05, 3.63) is 64.2 Å². The van der Waals surface area contributed by atoms with E-state index in [1.54, 1.807) is 29.2 Å². The van der Waals surface area contributed by atoms with E-state index in [2.05, 4.69) is 15.0 Å². The van der Waals surface area contributed by atoms with Crippen LogP contribution in [0, 0.1) is 0 Å². The van der Waals surface area contributed by atoms with Crippen LogP contribution in [-0.2, 0) is 17.1 Å². The van der Waals surface area contributed by atoms with Gasteiger partial charge < -0.3 is 19.3 Å². The lowest BCUT2D eigenvalue weighted by molar-refractivity contribution is -0.143. The summed E-state index contributed by atoms with van der Waals surface area (Å²) in [5, 5.41) is 0.442. The van der Waals surface area contributed by atoms with Crippen LogP contribution in [0.1, 0.15) is 34.3 Å². The van der Waals surface area contributed by atoms with Crippen molar-refractivity contribution >= 4 is 35.1 Å². The van der Waals surface area contributed by atoms with E-state index in [0.717, 1.165) is 4.90 Å². The van der Waals surface area contributed by atoms with Crippen molar-refractivity contribution < 1.29 is 45.4 Å². The number of hydrogen-bond acceptors (Lipinski definition) is 8. The topological polar surface area (TPSA) is 101 Å². The molecule has 0 bridgehead atoms. The average Bonchev–Trinajstić information content (AvgIpc) is 3.27. The van der Waals surface area contributed by atoms with Gasteiger partial charge in [0.1, 0.15) is 12.2 Å². The molecule has 0 aliphatic carbocycles. The first-order chi connectivity index (χ1) is 20.7. The molecule has 0 N–H and O–H groups in total. The summed E-state index contributed by atoms with van der Waals surface area (Å²) in [5.74, 6) is -1.55. The zero-order valence-corrected chi connectivity index (χ0v) is 23.8. The number of carbonyl (C=O) groups is 2. The van der Waals surface area contributed by atoms with Gasteiger partial charge in [-0.1, -0.05) is 11.6 Å². The molecule has 1 aromatic heterocycles. The number of nitrogens with zero attached hydrogens (tertiary/aromatic N) is 6. The number of aromatic nitrogens is 3. The molecule has 3 heterocycles. The second kappa shape index (κ2) is 11.3. The largest absolute Gasteiger partial charge is 0.467 e. The van der Waals surface area contributed by atoms with Crippen LogP contribution < -0.4 is 19.3 Å². The number of carbonyl (C=O) groups excluding carboxylic acids is 2. The summed E-state index contributed by atoms with van der Waals surface area (Å²) in [5.41, 5.74) is -4.64. The maximum absolute atomic E-state index is 14.1. The quantitative estimate of drug-likeness (QED) is 0.355. The molecule has 0 saturated carbocycles. The lowest BCUT2D eigenvalue weighted by Gasteiger charge is -2.43. The summed E-state index contributed by atoms with van der Waals surface area (Å²) in [4.78, 5) is 43.9. The van der Waals surface area contributed by atoms with Crippen LogP contribution in [-0.4, -0.2) is 71.2 Å². The second-order valence-electron chi connectivity index (χ2n) is 10.0. The molecule has 2 aliphatic rings. The Kier molecular flexibility index (Phi) is 7.99. The van der Waals surface area contributed by atoms with E-state index in [4.69, 9.17) is 21.1 Å². The first-order valence-electron chi connectivity index (χ1n) is 12.9. The fraction of sp³-hybridized carbons (Fsp3) is 0.370. The van der Waals surface area contributed by atoms with Gasteiger partial charge in [-0.15, -0.1) is 4.98 Å². The molecule has 2 aromatic carbocycles. The highest BCUT2D eigenvalue weighted by Gasteiger charge is 2.55. The van der Waals surface area contributed by atoms with Crippen LogP contribution in [0.3, 0.4) is 0 Å². The Bertz CT molecular complexity index is 1520. The smallest absolute Gasteiger partial charge is 0.416 e. The Morgan fingerprint density at radius 3 is 1.86 bits per heavy atom. The molecule has 10 nitrogen and oxygen atoms in total. The van der Waals surface area contributed by atoms with Crippen molar-refractivity contribution in [2.24, 2.45) is 0 Å². The number of hydrogen-bond donors (Lipinski definition) is 0. The summed E-state index contributed by atoms with van der Waals surface area (Å²) in [6.45, 7) is -0.346. The second-order valence-corrected chi connectivity index (χ2v) is 10.4. The molecule has 2 amide bonds. The fourth-order valence-corrected chi connectivity index (χ4v) is 5.39. The van der Waals surface area contributed by atoms with Crippen LogP contribution in [0.2, 0.25) is 5.02 Å². The zero-order chi connectivity index (χ0) is 32.0. The molecule has 2 saturated heterocycles. The minimum Gasteiger partial charge on any atom is -0.467 e. The molecule has 2 aliphatic heterocycles. The maximum Gasteiger partial charge on any atom is 0.416 e. The standard InChI is InChI=1S/C27H23ClF6N6O4/c1-43-23-35-22(36-24(37-23)44-2)39-14-40(19-5-3-18(28)4-6-19)25(21(39)42)7-9-38(10-8-25)20(41)15-11-16(26(29,30)31)13-17(12-15)27(32,33)34/h3-6,11-13H,7-10,14H2,1-2H3. The zero-order valence-electron chi connectivity index (χ0n) is 23.0. The lowest BCUT2D eigenvalue weighted by atomic mass is 9.85. The average molecular weight is 645 g/mol. The molecule has 3 aromatic rings. The Morgan fingerprint density at radius 1 is 0.864 bits per heavy atom. The number of ether oxygens (including phenoxy) is 2. The highest BCUT2D eigenvalue weighted by molar-refractivity contribution is 6.30. The van der Waals surface area contributed by atoms with E-state index < -0.39 is 46.4 Å². The Morgan fingerprint density at radius 2 is 1.39 bits per heavy atom. The highest BCUT2D eigenvalue weighted by Crippen LogP contribution is 2.42. The van der Waals surface area contributed by atoms with Gasteiger partial charge in [0.2, 0.25) is 5.95 Å². The Hall–Kier alpha value is -4.34. The third-order valence-corrected chi connectivity index (χ3v) is 7.73.